The molecule has 0 N–H and O–H groups in total. The number of ether oxygens (including phenoxy) is 1. The van der Waals surface area contributed by atoms with Crippen molar-refractivity contribution in [2.45, 2.75) is 27.2 Å². The Morgan fingerprint density at radius 2 is 1.89 bits per heavy atom. The largest absolute Gasteiger partial charge is 0.490 e. The molecule has 0 aliphatic rings. The van der Waals surface area contributed by atoms with Gasteiger partial charge in [0.05, 0.1) is 29.0 Å². The first-order valence-electron chi connectivity index (χ1n) is 8.87. The molecule has 2 heterocycles. The van der Waals surface area contributed by atoms with Gasteiger partial charge in [-0.1, -0.05) is 32.4 Å². The van der Waals surface area contributed by atoms with Crippen molar-refractivity contribution >= 4 is 22.5 Å². The van der Waals surface area contributed by atoms with E-state index in [4.69, 9.17) is 16.3 Å². The van der Waals surface area contributed by atoms with E-state index in [-0.39, 0.29) is 10.9 Å². The molecule has 27 heavy (non-hydrogen) atoms. The Kier molecular flexibility index (Phi) is 5.90. The molecule has 0 amide bonds. The Labute approximate surface area is 162 Å². The number of aromatic nitrogens is 2. The number of benzene rings is 1. The van der Waals surface area contributed by atoms with Crippen LogP contribution in [0.25, 0.3) is 22.2 Å². The molecule has 3 aromatic rings. The maximum Gasteiger partial charge on any atom is 0.156 e. The van der Waals surface area contributed by atoms with E-state index in [0.717, 1.165) is 12.5 Å². The molecule has 3 nitrogen and oxygen atoms in total. The van der Waals surface area contributed by atoms with Crippen molar-refractivity contribution in [3.8, 4) is 17.0 Å². The van der Waals surface area contributed by atoms with Gasteiger partial charge in [-0.3, -0.25) is 9.97 Å². The van der Waals surface area contributed by atoms with Crippen LogP contribution < -0.4 is 4.74 Å². The van der Waals surface area contributed by atoms with Crippen molar-refractivity contribution in [1.29, 1.82) is 0 Å². The Morgan fingerprint density at radius 3 is 2.59 bits per heavy atom. The third kappa shape index (κ3) is 4.53. The van der Waals surface area contributed by atoms with Gasteiger partial charge in [0, 0.05) is 29.3 Å². The zero-order chi connectivity index (χ0) is 19.6. The van der Waals surface area contributed by atoms with Crippen molar-refractivity contribution in [2.75, 3.05) is 6.61 Å². The highest BCUT2D eigenvalue weighted by atomic mass is 35.5. The first-order chi connectivity index (χ1) is 12.8. The van der Waals surface area contributed by atoms with Gasteiger partial charge in [-0.2, -0.15) is 0 Å². The molecule has 0 spiro atoms. The molecule has 0 aliphatic heterocycles. The van der Waals surface area contributed by atoms with E-state index in [2.05, 4.69) is 30.7 Å². The van der Waals surface area contributed by atoms with E-state index < -0.39 is 11.6 Å². The maximum atomic E-state index is 14.3. The van der Waals surface area contributed by atoms with Gasteiger partial charge in [-0.25, -0.2) is 8.78 Å². The number of hydrogen-bond donors (Lipinski definition) is 0. The van der Waals surface area contributed by atoms with Crippen LogP contribution in [-0.2, 0) is 0 Å². The molecule has 142 valence electrons. The Hall–Kier alpha value is -2.27. The maximum absolute atomic E-state index is 14.3. The highest BCUT2D eigenvalue weighted by Crippen LogP contribution is 2.33. The van der Waals surface area contributed by atoms with Gasteiger partial charge in [0.1, 0.15) is 11.6 Å². The molecule has 1 atom stereocenters. The number of halogens is 3. The van der Waals surface area contributed by atoms with Gasteiger partial charge in [0.2, 0.25) is 0 Å². The molecule has 3 rings (SSSR count). The van der Waals surface area contributed by atoms with E-state index in [1.165, 1.54) is 18.5 Å². The number of hydrogen-bond acceptors (Lipinski definition) is 3. The summed E-state index contributed by atoms with van der Waals surface area (Å²) in [6.45, 7) is 7.01. The molecular weight excluding hydrogens is 370 g/mol. The van der Waals surface area contributed by atoms with E-state index in [0.29, 0.717) is 40.5 Å². The minimum Gasteiger partial charge on any atom is -0.490 e. The monoisotopic (exact) mass is 390 g/mol. The third-order valence-electron chi connectivity index (χ3n) is 4.25. The lowest BCUT2D eigenvalue weighted by Crippen LogP contribution is -2.11. The average Bonchev–Trinajstić information content (AvgIpc) is 2.59. The molecule has 0 saturated carbocycles. The summed E-state index contributed by atoms with van der Waals surface area (Å²) in [7, 11) is 0. The van der Waals surface area contributed by atoms with E-state index in [1.807, 2.05) is 0 Å². The van der Waals surface area contributed by atoms with Gasteiger partial charge in [-0.15, -0.1) is 0 Å². The molecule has 1 aromatic carbocycles. The summed E-state index contributed by atoms with van der Waals surface area (Å²) in [6.07, 6.45) is 4.08. The second-order valence-electron chi connectivity index (χ2n) is 7.19. The van der Waals surface area contributed by atoms with Gasteiger partial charge in [0.25, 0.3) is 0 Å². The molecule has 0 fully saturated rings. The molecule has 0 aliphatic carbocycles. The fraction of sp³-hybridized carbons (Fsp3) is 0.333. The minimum absolute atomic E-state index is 0.210. The van der Waals surface area contributed by atoms with Crippen LogP contribution in [0.4, 0.5) is 8.78 Å². The third-order valence-corrected chi connectivity index (χ3v) is 4.55. The normalized spacial score (nSPS) is 12.6. The van der Waals surface area contributed by atoms with Crippen LogP contribution in [0, 0.1) is 23.5 Å². The molecule has 0 unspecified atom stereocenters. The SMILES string of the molecule is CC(C)C[C@H](C)COc1cnc(-c2ccnc3cc(F)cc(F)c23)cc1Cl. The van der Waals surface area contributed by atoms with Gasteiger partial charge in [0.15, 0.2) is 5.75 Å². The molecule has 6 heteroatoms. The van der Waals surface area contributed by atoms with Crippen molar-refractivity contribution < 1.29 is 13.5 Å². The van der Waals surface area contributed by atoms with Crippen LogP contribution in [0.15, 0.2) is 36.7 Å². The lowest BCUT2D eigenvalue weighted by molar-refractivity contribution is 0.238. The Balaban J connectivity index is 1.89. The predicted octanol–water partition coefficient (Wildman–Crippen LogP) is 6.29. The number of nitrogens with zero attached hydrogens (tertiary/aromatic N) is 2. The summed E-state index contributed by atoms with van der Waals surface area (Å²) in [5, 5.41) is 0.603. The van der Waals surface area contributed by atoms with Gasteiger partial charge >= 0.3 is 0 Å². The average molecular weight is 391 g/mol. The molecule has 2 aromatic heterocycles. The van der Waals surface area contributed by atoms with Crippen molar-refractivity contribution in [1.82, 2.24) is 9.97 Å². The number of rotatable bonds is 6. The van der Waals surface area contributed by atoms with Gasteiger partial charge in [-0.05, 0) is 30.4 Å². The quantitative estimate of drug-likeness (QED) is 0.496. The molecule has 0 saturated heterocycles. The van der Waals surface area contributed by atoms with E-state index in [9.17, 15) is 8.78 Å². The lowest BCUT2D eigenvalue weighted by Gasteiger charge is -2.16. The second kappa shape index (κ2) is 8.17. The molecular formula is C21H21ClF2N2O. The van der Waals surface area contributed by atoms with Crippen LogP contribution in [0.3, 0.4) is 0 Å². The topological polar surface area (TPSA) is 35.0 Å². The van der Waals surface area contributed by atoms with Crippen molar-refractivity contribution in [3.63, 3.8) is 0 Å². The van der Waals surface area contributed by atoms with E-state index >= 15 is 0 Å². The van der Waals surface area contributed by atoms with Crippen LogP contribution >= 0.6 is 11.6 Å². The van der Waals surface area contributed by atoms with Gasteiger partial charge < -0.3 is 4.74 Å². The number of pyridine rings is 2. The standard InChI is InChI=1S/C21H21ClF2N2O/c1-12(2)6-13(3)11-27-20-10-26-18(9-16(20)22)15-4-5-25-19-8-14(23)7-17(24)21(15)19/h4-5,7-10,12-13H,6,11H2,1-3H3/t13-/m0/s1. The highest BCUT2D eigenvalue weighted by Gasteiger charge is 2.15. The van der Waals surface area contributed by atoms with E-state index in [1.54, 1.807) is 12.1 Å². The molecule has 0 bridgehead atoms. The zero-order valence-electron chi connectivity index (χ0n) is 15.5. The molecule has 0 radical (unpaired) electrons. The Bertz CT molecular complexity index is 962. The summed E-state index contributed by atoms with van der Waals surface area (Å²) in [5.41, 5.74) is 1.20. The van der Waals surface area contributed by atoms with Crippen LogP contribution in [0.2, 0.25) is 5.02 Å². The predicted molar refractivity (Wildman–Crippen MR) is 104 cm³/mol. The van der Waals surface area contributed by atoms with Crippen molar-refractivity contribution in [2.24, 2.45) is 11.8 Å². The fourth-order valence-corrected chi connectivity index (χ4v) is 3.40. The first kappa shape index (κ1) is 19.5. The first-order valence-corrected chi connectivity index (χ1v) is 9.25. The second-order valence-corrected chi connectivity index (χ2v) is 7.59. The number of fused-ring (bicyclic) bond motifs is 1. The summed E-state index contributed by atoms with van der Waals surface area (Å²) >= 11 is 6.35. The van der Waals surface area contributed by atoms with Crippen molar-refractivity contribution in [3.05, 3.63) is 53.3 Å². The Morgan fingerprint density at radius 1 is 1.11 bits per heavy atom. The van der Waals surface area contributed by atoms with Crippen LogP contribution in [0.5, 0.6) is 5.75 Å². The summed E-state index contributed by atoms with van der Waals surface area (Å²) < 4.78 is 33.6. The fourth-order valence-electron chi connectivity index (χ4n) is 3.19. The summed E-state index contributed by atoms with van der Waals surface area (Å²) in [4.78, 5) is 8.40. The van der Waals surface area contributed by atoms with Crippen LogP contribution in [-0.4, -0.2) is 16.6 Å². The summed E-state index contributed by atoms with van der Waals surface area (Å²) in [5.74, 6) is 0.123. The smallest absolute Gasteiger partial charge is 0.156 e. The minimum atomic E-state index is -0.686. The summed E-state index contributed by atoms with van der Waals surface area (Å²) in [6, 6.07) is 5.29. The lowest BCUT2D eigenvalue weighted by atomic mass is 10.00. The zero-order valence-corrected chi connectivity index (χ0v) is 16.2. The highest BCUT2D eigenvalue weighted by molar-refractivity contribution is 6.32. The van der Waals surface area contributed by atoms with Crippen LogP contribution in [0.1, 0.15) is 27.2 Å².